The van der Waals surface area contributed by atoms with Crippen molar-refractivity contribution in [2.75, 3.05) is 0 Å². The maximum Gasteiger partial charge on any atom is 0.162 e. The van der Waals surface area contributed by atoms with Crippen molar-refractivity contribution in [1.29, 1.82) is 0 Å². The van der Waals surface area contributed by atoms with Crippen LogP contribution in [0.3, 0.4) is 0 Å². The summed E-state index contributed by atoms with van der Waals surface area (Å²) in [5.41, 5.74) is 1.69. The van der Waals surface area contributed by atoms with E-state index in [1.165, 1.54) is 12.8 Å². The minimum absolute atomic E-state index is 0.272. The molecule has 2 nitrogen and oxygen atoms in total. The van der Waals surface area contributed by atoms with E-state index in [1.54, 1.807) is 0 Å². The van der Waals surface area contributed by atoms with Crippen LogP contribution in [0.15, 0.2) is 60.7 Å². The van der Waals surface area contributed by atoms with E-state index in [1.807, 2.05) is 60.7 Å². The van der Waals surface area contributed by atoms with Crippen LogP contribution in [0.5, 0.6) is 0 Å². The Morgan fingerprint density at radius 2 is 0.923 bits per heavy atom. The Morgan fingerprint density at radius 1 is 0.577 bits per heavy atom. The third-order valence-corrected chi connectivity index (χ3v) is 4.21. The van der Waals surface area contributed by atoms with Crippen molar-refractivity contribution < 1.29 is 9.59 Å². The highest BCUT2D eigenvalue weighted by Crippen LogP contribution is 2.08. The molecule has 0 radical (unpaired) electrons. The molecule has 0 spiro atoms. The van der Waals surface area contributed by atoms with Gasteiger partial charge in [0.15, 0.2) is 11.6 Å². The first-order chi connectivity index (χ1) is 12.7. The Bertz CT molecular complexity index is 560. The van der Waals surface area contributed by atoms with Crippen LogP contribution >= 0.6 is 0 Å². The van der Waals surface area contributed by atoms with Gasteiger partial charge in [-0.15, -0.1) is 0 Å². The van der Waals surface area contributed by atoms with Crippen LogP contribution in [0.25, 0.3) is 0 Å². The molecule has 0 N–H and O–H groups in total. The van der Waals surface area contributed by atoms with Crippen molar-refractivity contribution in [3.05, 3.63) is 71.8 Å². The summed E-state index contributed by atoms with van der Waals surface area (Å²) >= 11 is 0. The van der Waals surface area contributed by atoms with Crippen molar-refractivity contribution >= 4 is 11.6 Å². The highest BCUT2D eigenvalue weighted by molar-refractivity contribution is 5.96. The van der Waals surface area contributed by atoms with Crippen molar-refractivity contribution in [2.45, 2.75) is 65.2 Å². The number of unbranched alkanes of at least 4 members (excludes halogenated alkanes) is 4. The van der Waals surface area contributed by atoms with Gasteiger partial charge in [-0.1, -0.05) is 100 Å². The Balaban J connectivity index is 0.000000260. The first-order valence-electron chi connectivity index (χ1n) is 9.85. The predicted octanol–water partition coefficient (Wildman–Crippen LogP) is 6.90. The molecule has 0 fully saturated rings. The molecule has 0 unspecified atom stereocenters. The maximum absolute atomic E-state index is 11.5. The third-order valence-electron chi connectivity index (χ3n) is 4.21. The van der Waals surface area contributed by atoms with E-state index < -0.39 is 0 Å². The highest BCUT2D eigenvalue weighted by Gasteiger charge is 2.03. The normalized spacial score (nSPS) is 9.92. The number of rotatable bonds is 10. The summed E-state index contributed by atoms with van der Waals surface area (Å²) in [6.07, 6.45) is 8.06. The lowest BCUT2D eigenvalue weighted by molar-refractivity contribution is 0.0971. The fraction of sp³-hybridized carbons (Fsp3) is 0.417. The molecule has 0 heterocycles. The third kappa shape index (κ3) is 9.31. The second kappa shape index (κ2) is 14.0. The molecule has 0 saturated carbocycles. The molecule has 0 aliphatic heterocycles. The Labute approximate surface area is 158 Å². The fourth-order valence-corrected chi connectivity index (χ4v) is 2.61. The summed E-state index contributed by atoms with van der Waals surface area (Å²) in [7, 11) is 0. The molecule has 2 heteroatoms. The van der Waals surface area contributed by atoms with Gasteiger partial charge in [0.05, 0.1) is 0 Å². The van der Waals surface area contributed by atoms with Crippen LogP contribution in [-0.2, 0) is 0 Å². The zero-order valence-corrected chi connectivity index (χ0v) is 16.2. The lowest BCUT2D eigenvalue weighted by Gasteiger charge is -1.99. The van der Waals surface area contributed by atoms with Crippen LogP contribution < -0.4 is 0 Å². The smallest absolute Gasteiger partial charge is 0.162 e. The Kier molecular flexibility index (Phi) is 11.8. The molecular weight excluding hydrogens is 320 g/mol. The number of carbonyl (C=O) groups excluding carboxylic acids is 2. The molecule has 2 aromatic rings. The summed E-state index contributed by atoms with van der Waals surface area (Å²) < 4.78 is 0. The van der Waals surface area contributed by atoms with E-state index >= 15 is 0 Å². The number of Topliss-reactive ketones (excluding diaryl/α,β-unsaturated/α-hetero) is 2. The van der Waals surface area contributed by atoms with Gasteiger partial charge in [-0.25, -0.2) is 0 Å². The predicted molar refractivity (Wildman–Crippen MR) is 110 cm³/mol. The summed E-state index contributed by atoms with van der Waals surface area (Å²) in [6.45, 7) is 4.29. The summed E-state index contributed by atoms with van der Waals surface area (Å²) in [5.74, 6) is 0.545. The van der Waals surface area contributed by atoms with Gasteiger partial charge in [0.2, 0.25) is 0 Å². The van der Waals surface area contributed by atoms with Crippen LogP contribution in [-0.4, -0.2) is 11.6 Å². The number of benzene rings is 2. The number of hydrogen-bond acceptors (Lipinski definition) is 2. The van der Waals surface area contributed by atoms with E-state index in [0.717, 1.165) is 36.8 Å². The minimum atomic E-state index is 0.272. The van der Waals surface area contributed by atoms with Crippen LogP contribution in [0.2, 0.25) is 0 Å². The quantitative estimate of drug-likeness (QED) is 0.344. The SMILES string of the molecule is CCCCCC(=O)c1ccccc1.CCCCCC(=O)c1ccccc1. The average molecular weight is 353 g/mol. The molecule has 0 amide bonds. The Morgan fingerprint density at radius 3 is 1.23 bits per heavy atom. The highest BCUT2D eigenvalue weighted by atomic mass is 16.1. The molecule has 0 atom stereocenters. The van der Waals surface area contributed by atoms with Gasteiger partial charge in [-0.2, -0.15) is 0 Å². The lowest BCUT2D eigenvalue weighted by Crippen LogP contribution is -1.97. The van der Waals surface area contributed by atoms with Gasteiger partial charge in [0, 0.05) is 24.0 Å². The van der Waals surface area contributed by atoms with Gasteiger partial charge in [0.25, 0.3) is 0 Å². The lowest BCUT2D eigenvalue weighted by atomic mass is 10.1. The molecule has 0 saturated heterocycles. The van der Waals surface area contributed by atoms with Crippen LogP contribution in [0, 0.1) is 0 Å². The molecule has 0 aliphatic rings. The van der Waals surface area contributed by atoms with E-state index in [9.17, 15) is 9.59 Å². The summed E-state index contributed by atoms with van der Waals surface area (Å²) in [5, 5.41) is 0. The van der Waals surface area contributed by atoms with Gasteiger partial charge in [0.1, 0.15) is 0 Å². The van der Waals surface area contributed by atoms with Crippen molar-refractivity contribution in [1.82, 2.24) is 0 Å². The maximum atomic E-state index is 11.5. The van der Waals surface area contributed by atoms with E-state index in [0.29, 0.717) is 12.8 Å². The number of ketones is 2. The van der Waals surface area contributed by atoms with Crippen molar-refractivity contribution in [2.24, 2.45) is 0 Å². The van der Waals surface area contributed by atoms with Crippen molar-refractivity contribution in [3.8, 4) is 0 Å². The molecule has 0 aliphatic carbocycles. The van der Waals surface area contributed by atoms with Gasteiger partial charge >= 0.3 is 0 Å². The first kappa shape index (κ1) is 21.8. The van der Waals surface area contributed by atoms with E-state index in [2.05, 4.69) is 13.8 Å². The topological polar surface area (TPSA) is 34.1 Å². The van der Waals surface area contributed by atoms with E-state index in [-0.39, 0.29) is 11.6 Å². The molecule has 0 aromatic heterocycles. The molecule has 140 valence electrons. The number of hydrogen-bond donors (Lipinski definition) is 0. The minimum Gasteiger partial charge on any atom is -0.294 e. The largest absolute Gasteiger partial charge is 0.294 e. The first-order valence-corrected chi connectivity index (χ1v) is 9.85. The summed E-state index contributed by atoms with van der Waals surface area (Å²) in [6, 6.07) is 19.0. The molecule has 2 aromatic carbocycles. The standard InChI is InChI=1S/2C12H16O/c2*1-2-3-5-10-12(13)11-8-6-4-7-9-11/h2*4,6-9H,2-3,5,10H2,1H3. The molecule has 26 heavy (non-hydrogen) atoms. The van der Waals surface area contributed by atoms with Gasteiger partial charge < -0.3 is 0 Å². The second-order valence-electron chi connectivity index (χ2n) is 6.49. The molecule has 2 rings (SSSR count). The monoisotopic (exact) mass is 352 g/mol. The fourth-order valence-electron chi connectivity index (χ4n) is 2.61. The second-order valence-corrected chi connectivity index (χ2v) is 6.49. The zero-order chi connectivity index (χ0) is 19.0. The zero-order valence-electron chi connectivity index (χ0n) is 16.2. The summed E-state index contributed by atoms with van der Waals surface area (Å²) in [4.78, 5) is 23.0. The van der Waals surface area contributed by atoms with Crippen LogP contribution in [0.4, 0.5) is 0 Å². The van der Waals surface area contributed by atoms with Crippen LogP contribution in [0.1, 0.15) is 85.9 Å². The molecular formula is C24H32O2. The van der Waals surface area contributed by atoms with Crippen molar-refractivity contribution in [3.63, 3.8) is 0 Å². The molecule has 0 bridgehead atoms. The Hall–Kier alpha value is -2.22. The number of carbonyl (C=O) groups is 2. The van der Waals surface area contributed by atoms with Gasteiger partial charge in [-0.3, -0.25) is 9.59 Å². The van der Waals surface area contributed by atoms with Gasteiger partial charge in [-0.05, 0) is 12.8 Å². The average Bonchev–Trinajstić information content (AvgIpc) is 2.70. The van der Waals surface area contributed by atoms with E-state index in [4.69, 9.17) is 0 Å².